The molecule has 0 unspecified atom stereocenters. The van der Waals surface area contributed by atoms with Gasteiger partial charge in [-0.3, -0.25) is 4.79 Å². The van der Waals surface area contributed by atoms with Crippen LogP contribution < -0.4 is 0 Å². The molecule has 0 saturated carbocycles. The van der Waals surface area contributed by atoms with Gasteiger partial charge in [-0.25, -0.2) is 13.6 Å². The predicted molar refractivity (Wildman–Crippen MR) is 71.1 cm³/mol. The van der Waals surface area contributed by atoms with E-state index >= 15 is 0 Å². The van der Waals surface area contributed by atoms with Gasteiger partial charge in [-0.15, -0.1) is 0 Å². The summed E-state index contributed by atoms with van der Waals surface area (Å²) >= 11 is 5.90. The fraction of sp³-hybridized carbons (Fsp3) is 0.231. The number of aliphatic carboxylic acids is 1. The molecule has 4 nitrogen and oxygen atoms in total. The molecule has 0 atom stereocenters. The summed E-state index contributed by atoms with van der Waals surface area (Å²) in [6, 6.07) is 4.16. The third-order valence-electron chi connectivity index (χ3n) is 2.41. The van der Waals surface area contributed by atoms with Gasteiger partial charge in [0.2, 0.25) is 0 Å². The Balaban J connectivity index is 2.91. The number of hydrogen-bond acceptors (Lipinski definition) is 2. The number of hydrogen-bond donors (Lipinski definition) is 1. The lowest BCUT2D eigenvalue weighted by molar-refractivity contribution is -0.131. The molecule has 1 aromatic rings. The molecule has 0 radical (unpaired) electrons. The Hall–Kier alpha value is -1.95. The Morgan fingerprint density at radius 1 is 1.45 bits per heavy atom. The minimum atomic E-state index is -2.61. The summed E-state index contributed by atoms with van der Waals surface area (Å²) in [7, 11) is 1.26. The molecule has 0 saturated heterocycles. The Morgan fingerprint density at radius 3 is 2.60 bits per heavy atom. The largest absolute Gasteiger partial charge is 0.478 e. The molecular formula is C13H12ClF2NO3. The first-order valence-corrected chi connectivity index (χ1v) is 5.93. The molecule has 0 aliphatic rings. The molecule has 1 amide bonds. The molecule has 0 aliphatic carbocycles. The van der Waals surface area contributed by atoms with Crippen LogP contribution >= 0.6 is 11.6 Å². The smallest absolute Gasteiger partial charge is 0.328 e. The van der Waals surface area contributed by atoms with Crippen LogP contribution in [0.15, 0.2) is 24.3 Å². The zero-order valence-corrected chi connectivity index (χ0v) is 11.3. The fourth-order valence-electron chi connectivity index (χ4n) is 1.47. The van der Waals surface area contributed by atoms with E-state index in [-0.39, 0.29) is 10.6 Å². The third-order valence-corrected chi connectivity index (χ3v) is 2.74. The number of alkyl halides is 2. The van der Waals surface area contributed by atoms with Gasteiger partial charge in [0.05, 0.1) is 6.54 Å². The SMILES string of the molecule is CN(CC(F)F)C(=O)c1ccc(/C=C/C(=O)O)c(Cl)c1. The fourth-order valence-corrected chi connectivity index (χ4v) is 1.71. The van der Waals surface area contributed by atoms with Gasteiger partial charge in [0.15, 0.2) is 0 Å². The lowest BCUT2D eigenvalue weighted by Gasteiger charge is -2.16. The van der Waals surface area contributed by atoms with Crippen LogP contribution in [0.3, 0.4) is 0 Å². The van der Waals surface area contributed by atoms with Crippen LogP contribution in [0.4, 0.5) is 8.78 Å². The third kappa shape index (κ3) is 4.62. The molecule has 7 heteroatoms. The number of rotatable bonds is 5. The van der Waals surface area contributed by atoms with Gasteiger partial charge in [0.25, 0.3) is 12.3 Å². The van der Waals surface area contributed by atoms with Crippen LogP contribution in [-0.4, -0.2) is 41.9 Å². The Kier molecular flexibility index (Phi) is 5.64. The monoisotopic (exact) mass is 303 g/mol. The number of amides is 1. The summed E-state index contributed by atoms with van der Waals surface area (Å²) in [5.74, 6) is -1.71. The van der Waals surface area contributed by atoms with Crippen LogP contribution in [-0.2, 0) is 4.79 Å². The molecule has 0 bridgehead atoms. The highest BCUT2D eigenvalue weighted by molar-refractivity contribution is 6.32. The summed E-state index contributed by atoms with van der Waals surface area (Å²) < 4.78 is 24.4. The van der Waals surface area contributed by atoms with E-state index in [0.29, 0.717) is 5.56 Å². The Morgan fingerprint density at radius 2 is 2.10 bits per heavy atom. The van der Waals surface area contributed by atoms with Gasteiger partial charge in [-0.1, -0.05) is 17.7 Å². The molecule has 0 fully saturated rings. The molecular weight excluding hydrogens is 292 g/mol. The lowest BCUT2D eigenvalue weighted by Crippen LogP contribution is -2.31. The summed E-state index contributed by atoms with van der Waals surface area (Å²) in [5, 5.41) is 8.67. The second-order valence-electron chi connectivity index (χ2n) is 3.98. The van der Waals surface area contributed by atoms with Crippen LogP contribution in [0.1, 0.15) is 15.9 Å². The maximum atomic E-state index is 12.2. The molecule has 1 aromatic carbocycles. The van der Waals surface area contributed by atoms with Crippen molar-refractivity contribution >= 4 is 29.6 Å². The second kappa shape index (κ2) is 7.00. The highest BCUT2D eigenvalue weighted by Gasteiger charge is 2.16. The van der Waals surface area contributed by atoms with Gasteiger partial charge in [0, 0.05) is 23.7 Å². The van der Waals surface area contributed by atoms with Gasteiger partial charge in [0.1, 0.15) is 0 Å². The van der Waals surface area contributed by atoms with Crippen LogP contribution in [0.5, 0.6) is 0 Å². The number of nitrogens with zero attached hydrogens (tertiary/aromatic N) is 1. The van der Waals surface area contributed by atoms with Crippen molar-refractivity contribution < 1.29 is 23.5 Å². The van der Waals surface area contributed by atoms with Crippen molar-refractivity contribution in [1.82, 2.24) is 4.90 Å². The van der Waals surface area contributed by atoms with Crippen molar-refractivity contribution in [3.8, 4) is 0 Å². The number of halogens is 3. The molecule has 20 heavy (non-hydrogen) atoms. The zero-order chi connectivity index (χ0) is 15.3. The van der Waals surface area contributed by atoms with E-state index in [9.17, 15) is 18.4 Å². The molecule has 108 valence electrons. The van der Waals surface area contributed by atoms with E-state index in [1.165, 1.54) is 31.3 Å². The van der Waals surface area contributed by atoms with E-state index < -0.39 is 24.8 Å². The topological polar surface area (TPSA) is 57.6 Å². The molecule has 0 spiro atoms. The van der Waals surface area contributed by atoms with E-state index in [0.717, 1.165) is 11.0 Å². The molecule has 1 N–H and O–H groups in total. The molecule has 1 rings (SSSR count). The Bertz CT molecular complexity index is 546. The number of benzene rings is 1. The van der Waals surface area contributed by atoms with Gasteiger partial charge >= 0.3 is 5.97 Å². The van der Waals surface area contributed by atoms with Crippen molar-refractivity contribution in [3.63, 3.8) is 0 Å². The molecule has 0 heterocycles. The normalized spacial score (nSPS) is 11.1. The first kappa shape index (κ1) is 16.1. The maximum Gasteiger partial charge on any atom is 0.328 e. The van der Waals surface area contributed by atoms with E-state index in [2.05, 4.69) is 0 Å². The number of carboxylic acid groups (broad SMARTS) is 1. The van der Waals surface area contributed by atoms with Crippen LogP contribution in [0.2, 0.25) is 5.02 Å². The van der Waals surface area contributed by atoms with Crippen molar-refractivity contribution in [2.75, 3.05) is 13.6 Å². The average molecular weight is 304 g/mol. The van der Waals surface area contributed by atoms with Crippen molar-refractivity contribution in [3.05, 3.63) is 40.4 Å². The summed E-state index contributed by atoms with van der Waals surface area (Å²) in [4.78, 5) is 23.1. The second-order valence-corrected chi connectivity index (χ2v) is 4.39. The number of carboxylic acids is 1. The minimum absolute atomic E-state index is 0.158. The zero-order valence-electron chi connectivity index (χ0n) is 10.5. The van der Waals surface area contributed by atoms with Crippen molar-refractivity contribution in [2.45, 2.75) is 6.43 Å². The van der Waals surface area contributed by atoms with E-state index in [4.69, 9.17) is 16.7 Å². The minimum Gasteiger partial charge on any atom is -0.478 e. The van der Waals surface area contributed by atoms with E-state index in [1.807, 2.05) is 0 Å². The number of carbonyl (C=O) groups excluding carboxylic acids is 1. The van der Waals surface area contributed by atoms with Crippen molar-refractivity contribution in [1.29, 1.82) is 0 Å². The first-order valence-electron chi connectivity index (χ1n) is 5.55. The van der Waals surface area contributed by atoms with Crippen molar-refractivity contribution in [2.24, 2.45) is 0 Å². The van der Waals surface area contributed by atoms with Gasteiger partial charge in [-0.2, -0.15) is 0 Å². The highest BCUT2D eigenvalue weighted by atomic mass is 35.5. The molecule has 0 aliphatic heterocycles. The predicted octanol–water partition coefficient (Wildman–Crippen LogP) is 2.77. The maximum absolute atomic E-state index is 12.2. The summed E-state index contributed by atoms with van der Waals surface area (Å²) in [6.07, 6.45) is -0.426. The van der Waals surface area contributed by atoms with Crippen LogP contribution in [0.25, 0.3) is 6.08 Å². The standard InChI is InChI=1S/C13H12ClF2NO3/c1-17(7-11(15)16)13(20)9-3-2-8(10(14)6-9)4-5-12(18)19/h2-6,11H,7H2,1H3,(H,18,19)/b5-4+. The Labute approximate surface area is 119 Å². The average Bonchev–Trinajstić information content (AvgIpc) is 2.35. The highest BCUT2D eigenvalue weighted by Crippen LogP contribution is 2.20. The molecule has 0 aromatic heterocycles. The van der Waals surface area contributed by atoms with Gasteiger partial charge < -0.3 is 10.0 Å². The first-order chi connectivity index (χ1) is 9.31. The van der Waals surface area contributed by atoms with Gasteiger partial charge in [-0.05, 0) is 23.8 Å². The quantitative estimate of drug-likeness (QED) is 0.851. The lowest BCUT2D eigenvalue weighted by atomic mass is 10.1. The summed E-state index contributed by atoms with van der Waals surface area (Å²) in [5.41, 5.74) is 0.577. The van der Waals surface area contributed by atoms with Crippen LogP contribution in [0, 0.1) is 0 Å². The summed E-state index contributed by atoms with van der Waals surface area (Å²) in [6.45, 7) is -0.670. The number of carbonyl (C=O) groups is 2. The van der Waals surface area contributed by atoms with E-state index in [1.54, 1.807) is 0 Å².